The van der Waals surface area contributed by atoms with Gasteiger partial charge < -0.3 is 4.90 Å². The molecule has 1 aliphatic rings. The number of nitrogens with zero attached hydrogens (tertiary/aromatic N) is 1. The highest BCUT2D eigenvalue weighted by atomic mass is 32.2. The van der Waals surface area contributed by atoms with Gasteiger partial charge in [-0.25, -0.2) is 13.1 Å². The van der Waals surface area contributed by atoms with Crippen molar-refractivity contribution in [2.24, 2.45) is 0 Å². The standard InChI is InChI=1S/C14H17F3N2O3S/c1-10(20)19-9-11(7-8-13(19)14(15,16)17)18-23(21,22)12-5-3-2-4-6-12/h2-6,11,13,18H,7-9H2,1H3/t11-,13+/m1/s1. The Labute approximate surface area is 132 Å². The first kappa shape index (κ1) is 17.7. The van der Waals surface area contributed by atoms with Crippen molar-refractivity contribution in [2.75, 3.05) is 6.54 Å². The molecule has 0 unspecified atom stereocenters. The van der Waals surface area contributed by atoms with Crippen molar-refractivity contribution >= 4 is 15.9 Å². The Morgan fingerprint density at radius 3 is 2.35 bits per heavy atom. The Balaban J connectivity index is 2.13. The van der Waals surface area contributed by atoms with Crippen molar-refractivity contribution in [1.82, 2.24) is 9.62 Å². The predicted molar refractivity (Wildman–Crippen MR) is 77.0 cm³/mol. The molecular formula is C14H17F3N2O3S. The van der Waals surface area contributed by atoms with Gasteiger partial charge in [0.25, 0.3) is 0 Å². The molecule has 0 radical (unpaired) electrons. The molecule has 1 N–H and O–H groups in total. The minimum absolute atomic E-state index is 0.0139. The first-order chi connectivity index (χ1) is 10.6. The maximum absolute atomic E-state index is 12.9. The molecule has 0 saturated carbocycles. The van der Waals surface area contributed by atoms with Gasteiger partial charge in [0.05, 0.1) is 4.90 Å². The van der Waals surface area contributed by atoms with Crippen LogP contribution in [0.5, 0.6) is 0 Å². The van der Waals surface area contributed by atoms with Gasteiger partial charge in [-0.3, -0.25) is 4.79 Å². The van der Waals surface area contributed by atoms with Crippen LogP contribution >= 0.6 is 0 Å². The monoisotopic (exact) mass is 350 g/mol. The molecule has 0 bridgehead atoms. The van der Waals surface area contributed by atoms with E-state index >= 15 is 0 Å². The smallest absolute Gasteiger partial charge is 0.329 e. The van der Waals surface area contributed by atoms with E-state index < -0.39 is 34.2 Å². The van der Waals surface area contributed by atoms with Crippen LogP contribution in [0.25, 0.3) is 0 Å². The van der Waals surface area contributed by atoms with E-state index in [4.69, 9.17) is 0 Å². The Kier molecular flexibility index (Phi) is 5.00. The molecule has 1 saturated heterocycles. The summed E-state index contributed by atoms with van der Waals surface area (Å²) in [6.07, 6.45) is -4.83. The van der Waals surface area contributed by atoms with E-state index in [0.717, 1.165) is 6.92 Å². The molecule has 1 heterocycles. The fourth-order valence-corrected chi connectivity index (χ4v) is 3.93. The second-order valence-electron chi connectivity index (χ2n) is 5.44. The summed E-state index contributed by atoms with van der Waals surface area (Å²) in [5.74, 6) is -0.726. The largest absolute Gasteiger partial charge is 0.408 e. The number of rotatable bonds is 3. The number of hydrogen-bond acceptors (Lipinski definition) is 3. The molecular weight excluding hydrogens is 333 g/mol. The zero-order valence-corrected chi connectivity index (χ0v) is 13.2. The highest BCUT2D eigenvalue weighted by Crippen LogP contribution is 2.32. The van der Waals surface area contributed by atoms with E-state index in [2.05, 4.69) is 4.72 Å². The summed E-state index contributed by atoms with van der Waals surface area (Å²) in [4.78, 5) is 12.2. The van der Waals surface area contributed by atoms with Crippen LogP contribution in [0.4, 0.5) is 13.2 Å². The third-order valence-corrected chi connectivity index (χ3v) is 5.28. The second-order valence-corrected chi connectivity index (χ2v) is 7.15. The van der Waals surface area contributed by atoms with Crippen molar-refractivity contribution < 1.29 is 26.4 Å². The summed E-state index contributed by atoms with van der Waals surface area (Å²) in [6.45, 7) is 0.748. The summed E-state index contributed by atoms with van der Waals surface area (Å²) in [7, 11) is -3.83. The van der Waals surface area contributed by atoms with Gasteiger partial charge in [0.2, 0.25) is 15.9 Å². The lowest BCUT2D eigenvalue weighted by atomic mass is 9.98. The molecule has 23 heavy (non-hydrogen) atoms. The minimum atomic E-state index is -4.52. The number of hydrogen-bond donors (Lipinski definition) is 1. The van der Waals surface area contributed by atoms with E-state index in [1.54, 1.807) is 18.2 Å². The van der Waals surface area contributed by atoms with Crippen LogP contribution in [0.1, 0.15) is 19.8 Å². The Morgan fingerprint density at radius 1 is 1.22 bits per heavy atom. The number of nitrogens with one attached hydrogen (secondary N) is 1. The van der Waals surface area contributed by atoms with E-state index in [9.17, 15) is 26.4 Å². The lowest BCUT2D eigenvalue weighted by Gasteiger charge is -2.39. The molecule has 2 atom stereocenters. The third kappa shape index (κ3) is 4.23. The highest BCUT2D eigenvalue weighted by molar-refractivity contribution is 7.89. The van der Waals surface area contributed by atoms with E-state index in [-0.39, 0.29) is 24.3 Å². The SMILES string of the molecule is CC(=O)N1C[C@H](NS(=O)(=O)c2ccccc2)CC[C@H]1C(F)(F)F. The van der Waals surface area contributed by atoms with Gasteiger partial charge in [-0.1, -0.05) is 18.2 Å². The minimum Gasteiger partial charge on any atom is -0.329 e. The zero-order chi connectivity index (χ0) is 17.3. The van der Waals surface area contributed by atoms with Crippen molar-refractivity contribution in [3.05, 3.63) is 30.3 Å². The maximum atomic E-state index is 12.9. The van der Waals surface area contributed by atoms with Crippen LogP contribution in [0.3, 0.4) is 0 Å². The fraction of sp³-hybridized carbons (Fsp3) is 0.500. The van der Waals surface area contributed by atoms with Crippen LogP contribution < -0.4 is 4.72 Å². The Bertz CT molecular complexity index is 662. The summed E-state index contributed by atoms with van der Waals surface area (Å²) >= 11 is 0. The number of likely N-dealkylation sites (tertiary alicyclic amines) is 1. The van der Waals surface area contributed by atoms with Crippen molar-refractivity contribution in [1.29, 1.82) is 0 Å². The van der Waals surface area contributed by atoms with Crippen LogP contribution in [0.15, 0.2) is 35.2 Å². The lowest BCUT2D eigenvalue weighted by Crippen LogP contribution is -2.57. The summed E-state index contributed by atoms with van der Waals surface area (Å²) < 4.78 is 65.7. The molecule has 1 fully saturated rings. The second kappa shape index (κ2) is 6.48. The van der Waals surface area contributed by atoms with Gasteiger partial charge in [-0.05, 0) is 25.0 Å². The summed E-state index contributed by atoms with van der Waals surface area (Å²) in [5, 5.41) is 0. The van der Waals surface area contributed by atoms with Crippen LogP contribution in [0, 0.1) is 0 Å². The van der Waals surface area contributed by atoms with Gasteiger partial charge in [0.15, 0.2) is 0 Å². The molecule has 1 amide bonds. The van der Waals surface area contributed by atoms with Crippen LogP contribution in [0.2, 0.25) is 0 Å². The first-order valence-corrected chi connectivity index (χ1v) is 8.51. The van der Waals surface area contributed by atoms with Crippen LogP contribution in [-0.2, 0) is 14.8 Å². The van der Waals surface area contributed by atoms with Gasteiger partial charge in [-0.2, -0.15) is 13.2 Å². The van der Waals surface area contributed by atoms with Crippen LogP contribution in [-0.4, -0.2) is 44.0 Å². The first-order valence-electron chi connectivity index (χ1n) is 7.02. The molecule has 1 aromatic carbocycles. The number of benzene rings is 1. The average Bonchev–Trinajstić information content (AvgIpc) is 2.46. The molecule has 9 heteroatoms. The molecule has 1 aliphatic heterocycles. The predicted octanol–water partition coefficient (Wildman–Crippen LogP) is 1.91. The molecule has 2 rings (SSSR count). The number of alkyl halides is 3. The van der Waals surface area contributed by atoms with Gasteiger partial charge in [-0.15, -0.1) is 0 Å². The number of amides is 1. The van der Waals surface area contributed by atoms with E-state index in [1.807, 2.05) is 0 Å². The molecule has 128 valence electrons. The zero-order valence-electron chi connectivity index (χ0n) is 12.4. The number of sulfonamides is 1. The van der Waals surface area contributed by atoms with Crippen molar-refractivity contribution in [3.63, 3.8) is 0 Å². The average molecular weight is 350 g/mol. The number of halogens is 3. The number of piperidine rings is 1. The Hall–Kier alpha value is -1.61. The van der Waals surface area contributed by atoms with E-state index in [0.29, 0.717) is 4.90 Å². The molecule has 0 aliphatic carbocycles. The summed E-state index contributed by atoms with van der Waals surface area (Å²) in [5.41, 5.74) is 0. The topological polar surface area (TPSA) is 66.5 Å². The lowest BCUT2D eigenvalue weighted by molar-refractivity contribution is -0.196. The summed E-state index contributed by atoms with van der Waals surface area (Å²) in [6, 6.07) is 4.94. The number of carbonyl (C=O) groups is 1. The number of carbonyl (C=O) groups excluding carboxylic acids is 1. The van der Waals surface area contributed by atoms with Gasteiger partial charge in [0.1, 0.15) is 6.04 Å². The van der Waals surface area contributed by atoms with Gasteiger partial charge in [0, 0.05) is 19.5 Å². The molecule has 0 spiro atoms. The highest BCUT2D eigenvalue weighted by Gasteiger charge is 2.47. The van der Waals surface area contributed by atoms with Crippen molar-refractivity contribution in [3.8, 4) is 0 Å². The normalized spacial score (nSPS) is 22.9. The fourth-order valence-electron chi connectivity index (χ4n) is 2.64. The third-order valence-electron chi connectivity index (χ3n) is 3.74. The molecule has 1 aromatic rings. The molecule has 0 aromatic heterocycles. The maximum Gasteiger partial charge on any atom is 0.408 e. The quantitative estimate of drug-likeness (QED) is 0.906. The van der Waals surface area contributed by atoms with Gasteiger partial charge >= 0.3 is 6.18 Å². The van der Waals surface area contributed by atoms with Crippen molar-refractivity contribution in [2.45, 2.75) is 42.9 Å². The van der Waals surface area contributed by atoms with E-state index in [1.165, 1.54) is 12.1 Å². The Morgan fingerprint density at radius 2 is 1.83 bits per heavy atom. The molecule has 5 nitrogen and oxygen atoms in total.